The van der Waals surface area contributed by atoms with Crippen LogP contribution in [0.15, 0.2) is 41.6 Å². The van der Waals surface area contributed by atoms with Crippen LogP contribution < -0.4 is 0 Å². The van der Waals surface area contributed by atoms with E-state index >= 15 is 0 Å². The first-order valence-electron chi connectivity index (χ1n) is 6.95. The Labute approximate surface area is 119 Å². The van der Waals surface area contributed by atoms with Crippen LogP contribution in [0.1, 0.15) is 31.4 Å². The normalized spacial score (nSPS) is 25.6. The van der Waals surface area contributed by atoms with Crippen LogP contribution in [0.25, 0.3) is 0 Å². The molecule has 0 radical (unpaired) electrons. The zero-order chi connectivity index (χ0) is 14.1. The van der Waals surface area contributed by atoms with Crippen molar-refractivity contribution in [3.63, 3.8) is 0 Å². The van der Waals surface area contributed by atoms with Crippen LogP contribution in [0.4, 0.5) is 0 Å². The van der Waals surface area contributed by atoms with Gasteiger partial charge in [-0.2, -0.15) is 0 Å². The number of carbonyl (C=O) groups excluding carboxylic acids is 1. The molecule has 2 atom stereocenters. The first kappa shape index (κ1) is 13.2. The molecule has 1 aromatic carbocycles. The zero-order valence-corrected chi connectivity index (χ0v) is 11.8. The molecule has 0 amide bonds. The third kappa shape index (κ3) is 2.10. The molecular weight excluding hydrogens is 254 g/mol. The van der Waals surface area contributed by atoms with Gasteiger partial charge in [-0.1, -0.05) is 30.3 Å². The number of rotatable bonds is 2. The number of hydrogen-bond acceptors (Lipinski definition) is 4. The Morgan fingerprint density at radius 2 is 2.10 bits per heavy atom. The first-order chi connectivity index (χ1) is 9.72. The van der Waals surface area contributed by atoms with E-state index in [0.717, 1.165) is 24.1 Å². The molecule has 2 heterocycles. The average molecular weight is 273 g/mol. The molecule has 20 heavy (non-hydrogen) atoms. The Kier molecular flexibility index (Phi) is 3.49. The number of benzene rings is 1. The number of methoxy groups -OCH3 is 1. The summed E-state index contributed by atoms with van der Waals surface area (Å²) in [4.78, 5) is 14.1. The standard InChI is InChI=1S/C16H19NO3/c1-11-13(16(18)19-2)8-9-15-17(11)14(10-20-15)12-6-4-3-5-7-12/h3-7,14-15H,8-10H2,1-2H3/t14-,15-/m1/s1. The van der Waals surface area contributed by atoms with Gasteiger partial charge in [0.05, 0.1) is 25.3 Å². The van der Waals surface area contributed by atoms with Gasteiger partial charge in [0.25, 0.3) is 0 Å². The highest BCUT2D eigenvalue weighted by atomic mass is 16.5. The van der Waals surface area contributed by atoms with Gasteiger partial charge in [-0.05, 0) is 25.3 Å². The van der Waals surface area contributed by atoms with Gasteiger partial charge < -0.3 is 14.4 Å². The van der Waals surface area contributed by atoms with E-state index in [-0.39, 0.29) is 18.2 Å². The summed E-state index contributed by atoms with van der Waals surface area (Å²) >= 11 is 0. The Morgan fingerprint density at radius 3 is 2.80 bits per heavy atom. The van der Waals surface area contributed by atoms with Crippen molar-refractivity contribution < 1.29 is 14.3 Å². The van der Waals surface area contributed by atoms with Gasteiger partial charge in [0.2, 0.25) is 0 Å². The molecule has 1 saturated heterocycles. The van der Waals surface area contributed by atoms with Crippen molar-refractivity contribution in [3.8, 4) is 0 Å². The van der Waals surface area contributed by atoms with E-state index in [1.807, 2.05) is 25.1 Å². The molecule has 0 aliphatic carbocycles. The van der Waals surface area contributed by atoms with Crippen molar-refractivity contribution in [1.82, 2.24) is 4.90 Å². The van der Waals surface area contributed by atoms with Crippen LogP contribution in [0.3, 0.4) is 0 Å². The van der Waals surface area contributed by atoms with E-state index in [9.17, 15) is 4.79 Å². The van der Waals surface area contributed by atoms with Gasteiger partial charge in [0, 0.05) is 5.70 Å². The van der Waals surface area contributed by atoms with E-state index in [1.54, 1.807) is 0 Å². The Balaban J connectivity index is 1.95. The van der Waals surface area contributed by atoms with E-state index in [2.05, 4.69) is 17.0 Å². The molecule has 1 aromatic rings. The summed E-state index contributed by atoms with van der Waals surface area (Å²) in [5, 5.41) is 0. The van der Waals surface area contributed by atoms with Gasteiger partial charge in [0.15, 0.2) is 0 Å². The molecule has 1 fully saturated rings. The molecule has 4 heteroatoms. The number of nitrogens with zero attached hydrogens (tertiary/aromatic N) is 1. The van der Waals surface area contributed by atoms with E-state index in [0.29, 0.717) is 6.61 Å². The number of ether oxygens (including phenoxy) is 2. The average Bonchev–Trinajstić information content (AvgIpc) is 2.92. The highest BCUT2D eigenvalue weighted by Gasteiger charge is 2.40. The molecule has 2 aliphatic heterocycles. The Bertz CT molecular complexity index is 538. The number of hydrogen-bond donors (Lipinski definition) is 0. The largest absolute Gasteiger partial charge is 0.466 e. The predicted molar refractivity (Wildman–Crippen MR) is 74.7 cm³/mol. The SMILES string of the molecule is COC(=O)C1=C(C)N2[C@@H](c3ccccc3)CO[C@@H]2CC1. The summed E-state index contributed by atoms with van der Waals surface area (Å²) in [7, 11) is 1.43. The summed E-state index contributed by atoms with van der Waals surface area (Å²) in [6.07, 6.45) is 1.64. The van der Waals surface area contributed by atoms with Crippen molar-refractivity contribution in [2.75, 3.05) is 13.7 Å². The summed E-state index contributed by atoms with van der Waals surface area (Å²) in [5.74, 6) is -0.223. The molecule has 0 N–H and O–H groups in total. The van der Waals surface area contributed by atoms with Crippen LogP contribution in [0, 0.1) is 0 Å². The minimum Gasteiger partial charge on any atom is -0.466 e. The van der Waals surface area contributed by atoms with Crippen LogP contribution in [0.2, 0.25) is 0 Å². The second-order valence-corrected chi connectivity index (χ2v) is 5.22. The molecule has 3 rings (SSSR count). The van der Waals surface area contributed by atoms with Gasteiger partial charge in [0.1, 0.15) is 6.23 Å². The van der Waals surface area contributed by atoms with Crippen LogP contribution >= 0.6 is 0 Å². The van der Waals surface area contributed by atoms with Gasteiger partial charge in [-0.15, -0.1) is 0 Å². The smallest absolute Gasteiger partial charge is 0.335 e. The van der Waals surface area contributed by atoms with E-state index in [1.165, 1.54) is 12.7 Å². The first-order valence-corrected chi connectivity index (χ1v) is 6.95. The molecule has 0 aromatic heterocycles. The lowest BCUT2D eigenvalue weighted by atomic mass is 9.98. The topological polar surface area (TPSA) is 38.8 Å². The second kappa shape index (κ2) is 5.29. The fourth-order valence-corrected chi connectivity index (χ4v) is 3.15. The lowest BCUT2D eigenvalue weighted by molar-refractivity contribution is -0.136. The minimum absolute atomic E-state index is 0.0774. The maximum Gasteiger partial charge on any atom is 0.335 e. The molecule has 0 bridgehead atoms. The van der Waals surface area contributed by atoms with Crippen LogP contribution in [-0.4, -0.2) is 30.8 Å². The molecule has 0 saturated carbocycles. The monoisotopic (exact) mass is 273 g/mol. The fraction of sp³-hybridized carbons (Fsp3) is 0.438. The number of fused-ring (bicyclic) bond motifs is 1. The number of carbonyl (C=O) groups is 1. The maximum atomic E-state index is 11.9. The maximum absolute atomic E-state index is 11.9. The number of esters is 1. The van der Waals surface area contributed by atoms with Gasteiger partial charge in [-0.25, -0.2) is 4.79 Å². The molecule has 0 unspecified atom stereocenters. The highest BCUT2D eigenvalue weighted by molar-refractivity contribution is 5.89. The Hall–Kier alpha value is -1.81. The summed E-state index contributed by atoms with van der Waals surface area (Å²) in [5.41, 5.74) is 2.98. The highest BCUT2D eigenvalue weighted by Crippen LogP contribution is 2.40. The molecule has 0 spiro atoms. The molecule has 2 aliphatic rings. The Morgan fingerprint density at radius 1 is 1.35 bits per heavy atom. The summed E-state index contributed by atoms with van der Waals surface area (Å²) in [6, 6.07) is 10.5. The fourth-order valence-electron chi connectivity index (χ4n) is 3.15. The lowest BCUT2D eigenvalue weighted by Gasteiger charge is -2.36. The van der Waals surface area contributed by atoms with Crippen LogP contribution in [0.5, 0.6) is 0 Å². The third-order valence-corrected chi connectivity index (χ3v) is 4.17. The molecule has 4 nitrogen and oxygen atoms in total. The summed E-state index contributed by atoms with van der Waals surface area (Å²) in [6.45, 7) is 2.66. The van der Waals surface area contributed by atoms with Crippen LogP contribution in [-0.2, 0) is 14.3 Å². The van der Waals surface area contributed by atoms with Crippen molar-refractivity contribution in [3.05, 3.63) is 47.2 Å². The van der Waals surface area contributed by atoms with Crippen molar-refractivity contribution in [2.24, 2.45) is 0 Å². The lowest BCUT2D eigenvalue weighted by Crippen LogP contribution is -2.36. The minimum atomic E-state index is -0.223. The zero-order valence-electron chi connectivity index (χ0n) is 11.8. The molecule has 106 valence electrons. The second-order valence-electron chi connectivity index (χ2n) is 5.22. The van der Waals surface area contributed by atoms with Gasteiger partial charge in [-0.3, -0.25) is 0 Å². The quantitative estimate of drug-likeness (QED) is 0.776. The predicted octanol–water partition coefficient (Wildman–Crippen LogP) is 2.63. The van der Waals surface area contributed by atoms with Crippen molar-refractivity contribution in [1.29, 1.82) is 0 Å². The van der Waals surface area contributed by atoms with Gasteiger partial charge >= 0.3 is 5.97 Å². The van der Waals surface area contributed by atoms with Crippen molar-refractivity contribution >= 4 is 5.97 Å². The third-order valence-electron chi connectivity index (χ3n) is 4.17. The summed E-state index contributed by atoms with van der Waals surface area (Å²) < 4.78 is 10.8. The van der Waals surface area contributed by atoms with E-state index < -0.39 is 0 Å². The molecular formula is C16H19NO3. The number of allylic oxidation sites excluding steroid dienone is 1. The van der Waals surface area contributed by atoms with E-state index in [4.69, 9.17) is 9.47 Å². The van der Waals surface area contributed by atoms with Crippen molar-refractivity contribution in [2.45, 2.75) is 32.0 Å².